The van der Waals surface area contributed by atoms with Crippen LogP contribution in [-0.4, -0.2) is 5.91 Å². The second kappa shape index (κ2) is 4.66. The number of halogens is 1. The van der Waals surface area contributed by atoms with Gasteiger partial charge < -0.3 is 5.32 Å². The second-order valence-electron chi connectivity index (χ2n) is 3.54. The lowest BCUT2D eigenvalue weighted by Gasteiger charge is -2.09. The second-order valence-corrected chi connectivity index (χ2v) is 4.40. The van der Waals surface area contributed by atoms with Gasteiger partial charge >= 0.3 is 0 Å². The van der Waals surface area contributed by atoms with Crippen LogP contribution in [0.3, 0.4) is 0 Å². The largest absolute Gasteiger partial charge is 0.326 e. The summed E-state index contributed by atoms with van der Waals surface area (Å²) >= 11 is 3.50. The zero-order valence-electron chi connectivity index (χ0n) is 8.96. The van der Waals surface area contributed by atoms with E-state index < -0.39 is 0 Å². The standard InChI is InChI=1S/C13H12BrNO/c1-2-13(16)15-12-8-7-11(14)9-5-3-4-6-10(9)12/h3-8H,2H2,1H3,(H,15,16). The first-order chi connectivity index (χ1) is 7.72. The molecule has 2 aromatic rings. The van der Waals surface area contributed by atoms with Crippen molar-refractivity contribution in [2.45, 2.75) is 13.3 Å². The number of rotatable bonds is 2. The van der Waals surface area contributed by atoms with Gasteiger partial charge in [0.1, 0.15) is 0 Å². The highest BCUT2D eigenvalue weighted by Gasteiger charge is 2.05. The van der Waals surface area contributed by atoms with Crippen LogP contribution in [0.4, 0.5) is 5.69 Å². The van der Waals surface area contributed by atoms with Crippen LogP contribution in [0.25, 0.3) is 10.8 Å². The number of fused-ring (bicyclic) bond motifs is 1. The van der Waals surface area contributed by atoms with Crippen molar-refractivity contribution >= 4 is 38.3 Å². The molecule has 3 heteroatoms. The molecule has 0 spiro atoms. The molecule has 2 aromatic carbocycles. The summed E-state index contributed by atoms with van der Waals surface area (Å²) in [6.07, 6.45) is 0.490. The first-order valence-electron chi connectivity index (χ1n) is 5.19. The summed E-state index contributed by atoms with van der Waals surface area (Å²) in [7, 11) is 0. The fourth-order valence-electron chi connectivity index (χ4n) is 1.61. The van der Waals surface area contributed by atoms with E-state index in [1.165, 1.54) is 0 Å². The highest BCUT2D eigenvalue weighted by atomic mass is 79.9. The minimum Gasteiger partial charge on any atom is -0.326 e. The van der Waals surface area contributed by atoms with Gasteiger partial charge in [0.15, 0.2) is 0 Å². The molecule has 0 aliphatic rings. The number of nitrogens with one attached hydrogen (secondary N) is 1. The molecule has 2 nitrogen and oxygen atoms in total. The summed E-state index contributed by atoms with van der Waals surface area (Å²) in [6.45, 7) is 1.84. The molecule has 0 aliphatic heterocycles. The van der Waals surface area contributed by atoms with Gasteiger partial charge in [-0.15, -0.1) is 0 Å². The van der Waals surface area contributed by atoms with Crippen molar-refractivity contribution in [2.75, 3.05) is 5.32 Å². The molecule has 0 saturated carbocycles. The molecule has 0 aromatic heterocycles. The van der Waals surface area contributed by atoms with Gasteiger partial charge in [-0.2, -0.15) is 0 Å². The van der Waals surface area contributed by atoms with Crippen LogP contribution < -0.4 is 5.32 Å². The fraction of sp³-hybridized carbons (Fsp3) is 0.154. The van der Waals surface area contributed by atoms with E-state index in [4.69, 9.17) is 0 Å². The third-order valence-electron chi connectivity index (χ3n) is 2.47. The van der Waals surface area contributed by atoms with Crippen LogP contribution >= 0.6 is 15.9 Å². The van der Waals surface area contributed by atoms with Gasteiger partial charge in [0.05, 0.1) is 0 Å². The number of carbonyl (C=O) groups is 1. The van der Waals surface area contributed by atoms with Crippen molar-refractivity contribution in [1.29, 1.82) is 0 Å². The summed E-state index contributed by atoms with van der Waals surface area (Å²) in [6, 6.07) is 11.9. The highest BCUT2D eigenvalue weighted by molar-refractivity contribution is 9.10. The molecule has 0 bridgehead atoms. The van der Waals surface area contributed by atoms with E-state index in [9.17, 15) is 4.79 Å². The number of benzene rings is 2. The van der Waals surface area contributed by atoms with Crippen LogP contribution in [-0.2, 0) is 4.79 Å². The van der Waals surface area contributed by atoms with Crippen LogP contribution in [0.15, 0.2) is 40.9 Å². The molecule has 1 N–H and O–H groups in total. The Morgan fingerprint density at radius 3 is 2.56 bits per heavy atom. The van der Waals surface area contributed by atoms with Crippen molar-refractivity contribution < 1.29 is 4.79 Å². The fourth-order valence-corrected chi connectivity index (χ4v) is 2.09. The average Bonchev–Trinajstić information content (AvgIpc) is 2.33. The van der Waals surface area contributed by atoms with Crippen LogP contribution in [0, 0.1) is 0 Å². The lowest BCUT2D eigenvalue weighted by atomic mass is 10.1. The number of hydrogen-bond donors (Lipinski definition) is 1. The van der Waals surface area contributed by atoms with Crippen LogP contribution in [0.1, 0.15) is 13.3 Å². The molecule has 82 valence electrons. The van der Waals surface area contributed by atoms with Crippen LogP contribution in [0.2, 0.25) is 0 Å². The summed E-state index contributed by atoms with van der Waals surface area (Å²) < 4.78 is 1.04. The van der Waals surface area contributed by atoms with Crippen molar-refractivity contribution in [2.24, 2.45) is 0 Å². The normalized spacial score (nSPS) is 10.4. The summed E-state index contributed by atoms with van der Waals surface area (Å²) in [5, 5.41) is 5.06. The third kappa shape index (κ3) is 2.09. The zero-order chi connectivity index (χ0) is 11.5. The van der Waals surface area contributed by atoms with E-state index in [0.717, 1.165) is 20.9 Å². The van der Waals surface area contributed by atoms with Gasteiger partial charge in [-0.1, -0.05) is 47.1 Å². The maximum atomic E-state index is 11.4. The molecular formula is C13H12BrNO. The van der Waals surface area contributed by atoms with Crippen molar-refractivity contribution in [3.8, 4) is 0 Å². The maximum Gasteiger partial charge on any atom is 0.224 e. The van der Waals surface area contributed by atoms with Gasteiger partial charge in [0, 0.05) is 22.0 Å². The Bertz CT molecular complexity index is 536. The van der Waals surface area contributed by atoms with Gasteiger partial charge in [-0.25, -0.2) is 0 Å². The molecule has 0 aliphatic carbocycles. The Balaban J connectivity index is 2.54. The minimum absolute atomic E-state index is 0.0347. The topological polar surface area (TPSA) is 29.1 Å². The molecule has 1 amide bonds. The van der Waals surface area contributed by atoms with Crippen molar-refractivity contribution in [3.63, 3.8) is 0 Å². The number of hydrogen-bond acceptors (Lipinski definition) is 1. The SMILES string of the molecule is CCC(=O)Nc1ccc(Br)c2ccccc12. The van der Waals surface area contributed by atoms with Crippen molar-refractivity contribution in [1.82, 2.24) is 0 Å². The lowest BCUT2D eigenvalue weighted by molar-refractivity contribution is -0.115. The van der Waals surface area contributed by atoms with E-state index >= 15 is 0 Å². The van der Waals surface area contributed by atoms with E-state index in [1.807, 2.05) is 43.3 Å². The van der Waals surface area contributed by atoms with Crippen molar-refractivity contribution in [3.05, 3.63) is 40.9 Å². The van der Waals surface area contributed by atoms with Gasteiger partial charge in [0.25, 0.3) is 0 Å². The monoisotopic (exact) mass is 277 g/mol. The maximum absolute atomic E-state index is 11.4. The van der Waals surface area contributed by atoms with E-state index in [1.54, 1.807) is 0 Å². The summed E-state index contributed by atoms with van der Waals surface area (Å²) in [5.41, 5.74) is 0.866. The number of amides is 1. The Morgan fingerprint density at radius 2 is 1.88 bits per heavy atom. The van der Waals surface area contributed by atoms with Crippen LogP contribution in [0.5, 0.6) is 0 Å². The highest BCUT2D eigenvalue weighted by Crippen LogP contribution is 2.29. The number of anilines is 1. The smallest absolute Gasteiger partial charge is 0.224 e. The zero-order valence-corrected chi connectivity index (χ0v) is 10.5. The molecule has 0 fully saturated rings. The first-order valence-corrected chi connectivity index (χ1v) is 5.98. The predicted octanol–water partition coefficient (Wildman–Crippen LogP) is 3.95. The number of carbonyl (C=O) groups excluding carboxylic acids is 1. The van der Waals surface area contributed by atoms with Gasteiger partial charge in [-0.05, 0) is 17.5 Å². The third-order valence-corrected chi connectivity index (χ3v) is 3.16. The van der Waals surface area contributed by atoms with Gasteiger partial charge in [0.2, 0.25) is 5.91 Å². The molecular weight excluding hydrogens is 266 g/mol. The molecule has 0 heterocycles. The summed E-state index contributed by atoms with van der Waals surface area (Å²) in [5.74, 6) is 0.0347. The average molecular weight is 278 g/mol. The molecule has 2 rings (SSSR count). The Morgan fingerprint density at radius 1 is 1.19 bits per heavy atom. The Hall–Kier alpha value is -1.35. The molecule has 16 heavy (non-hydrogen) atoms. The Labute approximate surface area is 103 Å². The van der Waals surface area contributed by atoms with E-state index in [0.29, 0.717) is 6.42 Å². The first kappa shape index (κ1) is 11.1. The van der Waals surface area contributed by atoms with E-state index in [-0.39, 0.29) is 5.91 Å². The molecule has 0 radical (unpaired) electrons. The quantitative estimate of drug-likeness (QED) is 0.885. The molecule has 0 unspecified atom stereocenters. The molecule has 0 saturated heterocycles. The van der Waals surface area contributed by atoms with Gasteiger partial charge in [-0.3, -0.25) is 4.79 Å². The lowest BCUT2D eigenvalue weighted by Crippen LogP contribution is -2.09. The van der Waals surface area contributed by atoms with E-state index in [2.05, 4.69) is 21.2 Å². The molecule has 0 atom stereocenters. The Kier molecular flexibility index (Phi) is 3.25. The minimum atomic E-state index is 0.0347. The summed E-state index contributed by atoms with van der Waals surface area (Å²) in [4.78, 5) is 11.4. The predicted molar refractivity (Wildman–Crippen MR) is 70.6 cm³/mol.